The average molecular weight is 162 g/mol. The molecule has 44 valence electrons. The molecule has 0 bridgehead atoms. The predicted octanol–water partition coefficient (Wildman–Crippen LogP) is -1.07. The van der Waals surface area contributed by atoms with Gasteiger partial charge in [0.25, 0.3) is 0 Å². The van der Waals surface area contributed by atoms with Crippen LogP contribution in [0.2, 0.25) is 0 Å². The minimum Gasteiger partial charge on any atom is -0.811 e. The number of hydrogen-bond acceptors (Lipinski definition) is 3. The van der Waals surface area contributed by atoms with E-state index in [-0.39, 0.29) is 43.9 Å². The quantitative estimate of drug-likeness (QED) is 0.383. The van der Waals surface area contributed by atoms with Gasteiger partial charge in [-0.15, -0.1) is 0 Å². The summed E-state index contributed by atoms with van der Waals surface area (Å²) in [5.74, 6) is 0. The van der Waals surface area contributed by atoms with Crippen LogP contribution in [0.15, 0.2) is 0 Å². The Morgan fingerprint density at radius 3 is 1.88 bits per heavy atom. The third kappa shape index (κ3) is 10.4. The van der Waals surface area contributed by atoms with Gasteiger partial charge in [0.15, 0.2) is 0 Å². The van der Waals surface area contributed by atoms with Gasteiger partial charge in [0.1, 0.15) is 0 Å². The van der Waals surface area contributed by atoms with Crippen LogP contribution < -0.4 is 9.79 Å². The zero-order chi connectivity index (χ0) is 5.91. The first-order valence-electron chi connectivity index (χ1n) is 2.07. The van der Waals surface area contributed by atoms with Crippen LogP contribution in [0.25, 0.3) is 0 Å². The molecule has 0 amide bonds. The van der Waals surface area contributed by atoms with Gasteiger partial charge in [-0.05, 0) is 6.16 Å². The van der Waals surface area contributed by atoms with E-state index in [0.717, 1.165) is 0 Å². The van der Waals surface area contributed by atoms with Crippen LogP contribution in [-0.4, -0.2) is 43.9 Å². The normalized spacial score (nSPS) is 10.4. The third-order valence-electron chi connectivity index (χ3n) is 0.497. The molecular weight excluding hydrogens is 155 g/mol. The Labute approximate surface area is 78.6 Å². The molecule has 0 rings (SSSR count). The van der Waals surface area contributed by atoms with Crippen LogP contribution >= 0.6 is 7.60 Å². The summed E-state index contributed by atoms with van der Waals surface area (Å²) in [5.41, 5.74) is 0. The van der Waals surface area contributed by atoms with E-state index in [1.54, 1.807) is 6.92 Å². The molecule has 0 aliphatic carbocycles. The van der Waals surface area contributed by atoms with Gasteiger partial charge in [-0.2, -0.15) is 0 Å². The van der Waals surface area contributed by atoms with Gasteiger partial charge in [-0.25, -0.2) is 0 Å². The van der Waals surface area contributed by atoms with Crippen molar-refractivity contribution < 1.29 is 14.4 Å². The second-order valence-electron chi connectivity index (χ2n) is 1.33. The molecule has 0 aliphatic rings. The molecule has 0 fully saturated rings. The Bertz CT molecular complexity index is 88.5. The van der Waals surface area contributed by atoms with Crippen molar-refractivity contribution in [1.29, 1.82) is 0 Å². The van der Waals surface area contributed by atoms with Crippen molar-refractivity contribution in [3.63, 3.8) is 0 Å². The van der Waals surface area contributed by atoms with Gasteiger partial charge < -0.3 is 14.4 Å². The number of hydrogen-bond donors (Lipinski definition) is 0. The van der Waals surface area contributed by atoms with Gasteiger partial charge >= 0.3 is 37.7 Å². The summed E-state index contributed by atoms with van der Waals surface area (Å²) >= 11 is 0. The van der Waals surface area contributed by atoms with Crippen LogP contribution in [-0.2, 0) is 4.57 Å². The van der Waals surface area contributed by atoms with Crippen LogP contribution in [0.4, 0.5) is 0 Å². The van der Waals surface area contributed by atoms with E-state index < -0.39 is 7.60 Å². The molecule has 8 heavy (non-hydrogen) atoms. The largest absolute Gasteiger partial charge is 2.00 e. The fourth-order valence-corrected chi connectivity index (χ4v) is 0.822. The summed E-state index contributed by atoms with van der Waals surface area (Å²) in [4.78, 5) is 19.4. The van der Waals surface area contributed by atoms with Crippen LogP contribution in [0.1, 0.15) is 13.3 Å². The van der Waals surface area contributed by atoms with Crippen molar-refractivity contribution in [2.24, 2.45) is 0 Å². The van der Waals surface area contributed by atoms with E-state index in [0.29, 0.717) is 6.42 Å². The second kappa shape index (κ2) is 5.21. The van der Waals surface area contributed by atoms with Gasteiger partial charge in [0, 0.05) is 0 Å². The minimum absolute atomic E-state index is 0. The molecule has 0 N–H and O–H groups in total. The van der Waals surface area contributed by atoms with Crippen molar-refractivity contribution >= 4 is 45.3 Å². The number of rotatable bonds is 2. The van der Waals surface area contributed by atoms with E-state index in [9.17, 15) is 14.4 Å². The zero-order valence-electron chi connectivity index (χ0n) is 4.79. The predicted molar refractivity (Wildman–Crippen MR) is 28.5 cm³/mol. The molecule has 0 saturated heterocycles. The van der Waals surface area contributed by atoms with Crippen LogP contribution in [0.3, 0.4) is 0 Å². The summed E-state index contributed by atoms with van der Waals surface area (Å²) in [7, 11) is -4.17. The maximum absolute atomic E-state index is 9.70. The fourth-order valence-electron chi connectivity index (χ4n) is 0.274. The van der Waals surface area contributed by atoms with Crippen molar-refractivity contribution in [1.82, 2.24) is 0 Å². The fraction of sp³-hybridized carbons (Fsp3) is 1.00. The van der Waals surface area contributed by atoms with E-state index in [4.69, 9.17) is 0 Å². The first-order valence-corrected chi connectivity index (χ1v) is 3.80. The molecule has 0 saturated carbocycles. The minimum atomic E-state index is -4.17. The molecule has 0 heterocycles. The third-order valence-corrected chi connectivity index (χ3v) is 1.49. The van der Waals surface area contributed by atoms with E-state index >= 15 is 0 Å². The molecule has 0 aliphatic heterocycles. The second-order valence-corrected chi connectivity index (χ2v) is 3.00. The van der Waals surface area contributed by atoms with Crippen molar-refractivity contribution in [3.05, 3.63) is 0 Å². The Kier molecular flexibility index (Phi) is 7.90. The smallest absolute Gasteiger partial charge is 0.811 e. The Balaban J connectivity index is 0. The first kappa shape index (κ1) is 12.1. The van der Waals surface area contributed by atoms with Gasteiger partial charge in [0.2, 0.25) is 0 Å². The van der Waals surface area contributed by atoms with E-state index in [1.807, 2.05) is 0 Å². The van der Waals surface area contributed by atoms with Crippen molar-refractivity contribution in [3.8, 4) is 0 Å². The summed E-state index contributed by atoms with van der Waals surface area (Å²) in [5, 5.41) is 0. The summed E-state index contributed by atoms with van der Waals surface area (Å²) in [6, 6.07) is 0. The van der Waals surface area contributed by atoms with Crippen LogP contribution in [0.5, 0.6) is 0 Å². The Morgan fingerprint density at radius 1 is 1.50 bits per heavy atom. The summed E-state index contributed by atoms with van der Waals surface area (Å²) in [6.45, 7) is 1.66. The SMILES string of the molecule is CCCP(=O)([O-])[O-].[Ca+2]. The molecule has 0 aromatic rings. The first-order chi connectivity index (χ1) is 3.06. The van der Waals surface area contributed by atoms with Gasteiger partial charge in [-0.3, -0.25) is 0 Å². The molecule has 0 radical (unpaired) electrons. The maximum atomic E-state index is 9.70. The van der Waals surface area contributed by atoms with Gasteiger partial charge in [-0.1, -0.05) is 20.9 Å². The molecule has 0 atom stereocenters. The van der Waals surface area contributed by atoms with Gasteiger partial charge in [0.05, 0.1) is 0 Å². The van der Waals surface area contributed by atoms with E-state index in [2.05, 4.69) is 0 Å². The van der Waals surface area contributed by atoms with E-state index in [1.165, 1.54) is 0 Å². The molecule has 5 heteroatoms. The topological polar surface area (TPSA) is 63.2 Å². The molecule has 0 aromatic heterocycles. The maximum Gasteiger partial charge on any atom is 2.00 e. The molecule has 0 aromatic carbocycles. The van der Waals surface area contributed by atoms with Crippen molar-refractivity contribution in [2.75, 3.05) is 6.16 Å². The van der Waals surface area contributed by atoms with Crippen molar-refractivity contribution in [2.45, 2.75) is 13.3 Å². The summed E-state index contributed by atoms with van der Waals surface area (Å²) < 4.78 is 9.70. The zero-order valence-corrected chi connectivity index (χ0v) is 7.90. The average Bonchev–Trinajstić information content (AvgIpc) is 1.30. The molecule has 3 nitrogen and oxygen atoms in total. The summed E-state index contributed by atoms with van der Waals surface area (Å²) in [6.07, 6.45) is 0.206. The Morgan fingerprint density at radius 2 is 1.88 bits per heavy atom. The monoisotopic (exact) mass is 162 g/mol. The Hall–Kier alpha value is 1.41. The standard InChI is InChI=1S/C3H9O3P.Ca/c1-2-3-7(4,5)6;/h2-3H2,1H3,(H2,4,5,6);/q;+2/p-2. The van der Waals surface area contributed by atoms with Crippen LogP contribution in [0, 0.1) is 0 Å². The molecule has 0 unspecified atom stereocenters. The molecular formula is C3H7CaO3P. The molecule has 0 spiro atoms.